The van der Waals surface area contributed by atoms with Crippen molar-refractivity contribution >= 4 is 5.91 Å². The van der Waals surface area contributed by atoms with Gasteiger partial charge in [-0.1, -0.05) is 31.1 Å². The molecule has 2 aliphatic rings. The van der Waals surface area contributed by atoms with Crippen LogP contribution in [0.25, 0.3) is 0 Å². The summed E-state index contributed by atoms with van der Waals surface area (Å²) in [6.45, 7) is 9.42. The van der Waals surface area contributed by atoms with Crippen molar-refractivity contribution in [2.75, 3.05) is 13.2 Å². The summed E-state index contributed by atoms with van der Waals surface area (Å²) in [7, 11) is 0. The molecule has 1 spiro atoms. The van der Waals surface area contributed by atoms with Gasteiger partial charge in [-0.3, -0.25) is 4.79 Å². The molecule has 1 amide bonds. The fourth-order valence-electron chi connectivity index (χ4n) is 5.25. The van der Waals surface area contributed by atoms with E-state index in [1.807, 2.05) is 26.0 Å². The molecule has 0 saturated carbocycles. The number of rotatable bonds is 4. The molecule has 0 bridgehead atoms. The second-order valence-electron chi connectivity index (χ2n) is 9.25. The number of hydrogen-bond donors (Lipinski definition) is 0. The van der Waals surface area contributed by atoms with Gasteiger partial charge in [0.15, 0.2) is 0 Å². The Morgan fingerprint density at radius 3 is 2.67 bits per heavy atom. The molecule has 1 aromatic heterocycles. The molecule has 0 N–H and O–H groups in total. The Morgan fingerprint density at radius 2 is 2.03 bits per heavy atom. The lowest BCUT2D eigenvalue weighted by atomic mass is 9.73. The third-order valence-electron chi connectivity index (χ3n) is 7.00. The summed E-state index contributed by atoms with van der Waals surface area (Å²) in [4.78, 5) is 15.4. The van der Waals surface area contributed by atoms with E-state index < -0.39 is 0 Å². The number of carbonyl (C=O) groups is 1. The summed E-state index contributed by atoms with van der Waals surface area (Å²) in [5, 5.41) is 3.99. The first-order chi connectivity index (χ1) is 14.3. The molecule has 3 heterocycles. The van der Waals surface area contributed by atoms with Crippen molar-refractivity contribution in [3.63, 3.8) is 0 Å². The molecular formula is C24H31FN2O3. The van der Waals surface area contributed by atoms with Crippen LogP contribution >= 0.6 is 0 Å². The van der Waals surface area contributed by atoms with E-state index in [1.54, 1.807) is 0 Å². The number of aromatic nitrogens is 1. The minimum Gasteiger partial charge on any atom is -0.371 e. The van der Waals surface area contributed by atoms with Gasteiger partial charge in [0.25, 0.3) is 0 Å². The van der Waals surface area contributed by atoms with Gasteiger partial charge in [-0.15, -0.1) is 0 Å². The van der Waals surface area contributed by atoms with Crippen LogP contribution in [0.2, 0.25) is 0 Å². The Balaban J connectivity index is 1.56. The van der Waals surface area contributed by atoms with Crippen molar-refractivity contribution in [2.45, 2.75) is 65.0 Å². The highest BCUT2D eigenvalue weighted by molar-refractivity contribution is 5.80. The Bertz CT molecular complexity index is 888. The molecule has 0 radical (unpaired) electrons. The molecule has 3 atom stereocenters. The van der Waals surface area contributed by atoms with Crippen LogP contribution in [-0.2, 0) is 16.0 Å². The van der Waals surface area contributed by atoms with Crippen LogP contribution in [0.3, 0.4) is 0 Å². The maximum Gasteiger partial charge on any atom is 0.227 e. The summed E-state index contributed by atoms with van der Waals surface area (Å²) in [6.07, 6.45) is 3.09. The lowest BCUT2D eigenvalue weighted by molar-refractivity contribution is -0.152. The van der Waals surface area contributed by atoms with E-state index in [4.69, 9.17) is 9.26 Å². The third kappa shape index (κ3) is 3.78. The molecular weight excluding hydrogens is 383 g/mol. The maximum atomic E-state index is 13.4. The van der Waals surface area contributed by atoms with Gasteiger partial charge < -0.3 is 14.2 Å². The Labute approximate surface area is 177 Å². The van der Waals surface area contributed by atoms with Gasteiger partial charge in [-0.05, 0) is 62.6 Å². The summed E-state index contributed by atoms with van der Waals surface area (Å²) in [5.74, 6) is 1.24. The monoisotopic (exact) mass is 414 g/mol. The zero-order valence-corrected chi connectivity index (χ0v) is 18.3. The van der Waals surface area contributed by atoms with E-state index in [2.05, 4.69) is 23.9 Å². The highest BCUT2D eigenvalue weighted by Gasteiger charge is 2.50. The van der Waals surface area contributed by atoms with Crippen LogP contribution in [0, 0.1) is 31.5 Å². The van der Waals surface area contributed by atoms with Crippen LogP contribution in [0.5, 0.6) is 0 Å². The number of nitrogens with zero attached hydrogens (tertiary/aromatic N) is 2. The first kappa shape index (κ1) is 21.0. The summed E-state index contributed by atoms with van der Waals surface area (Å²) >= 11 is 0. The molecule has 5 nitrogen and oxygen atoms in total. The Hall–Kier alpha value is -2.21. The minimum atomic E-state index is -0.262. The lowest BCUT2D eigenvalue weighted by Crippen LogP contribution is -2.56. The fourth-order valence-corrected chi connectivity index (χ4v) is 5.25. The molecule has 0 aliphatic carbocycles. The van der Waals surface area contributed by atoms with Crippen molar-refractivity contribution in [2.24, 2.45) is 11.8 Å². The SMILES string of the molecule is Cc1noc(C)c1CC(=O)N1CCC[C@]12CO[C@@H](c1ccc(F)cc1)[C@H](C(C)C)C2. The largest absolute Gasteiger partial charge is 0.371 e. The number of amides is 1. The zero-order valence-electron chi connectivity index (χ0n) is 18.3. The maximum absolute atomic E-state index is 13.4. The van der Waals surface area contributed by atoms with Crippen LogP contribution in [0.15, 0.2) is 28.8 Å². The van der Waals surface area contributed by atoms with Crippen molar-refractivity contribution in [3.8, 4) is 0 Å². The predicted octanol–water partition coefficient (Wildman–Crippen LogP) is 4.77. The number of ether oxygens (including phenoxy) is 1. The lowest BCUT2D eigenvalue weighted by Gasteiger charge is -2.48. The van der Waals surface area contributed by atoms with Gasteiger partial charge in [0, 0.05) is 12.1 Å². The molecule has 2 saturated heterocycles. The average molecular weight is 415 g/mol. The predicted molar refractivity (Wildman–Crippen MR) is 111 cm³/mol. The van der Waals surface area contributed by atoms with Gasteiger partial charge in [0.2, 0.25) is 5.91 Å². The van der Waals surface area contributed by atoms with Crippen LogP contribution in [0.1, 0.15) is 61.8 Å². The highest BCUT2D eigenvalue weighted by atomic mass is 19.1. The van der Waals surface area contributed by atoms with Gasteiger partial charge in [0.1, 0.15) is 11.6 Å². The van der Waals surface area contributed by atoms with Crippen molar-refractivity contribution < 1.29 is 18.4 Å². The molecule has 162 valence electrons. The smallest absolute Gasteiger partial charge is 0.227 e. The first-order valence-corrected chi connectivity index (χ1v) is 10.9. The highest BCUT2D eigenvalue weighted by Crippen LogP contribution is 2.47. The number of carbonyl (C=O) groups excluding carboxylic acids is 1. The minimum absolute atomic E-state index is 0.0728. The standard InChI is InChI=1S/C24H31FN2O3/c1-15(2)21-13-24(14-29-23(21)18-6-8-19(25)9-7-18)10-5-11-27(24)22(28)12-20-16(3)26-30-17(20)4/h6-9,15,21,23H,5,10-14H2,1-4H3/t21-,23-,24-/m0/s1. The Kier molecular flexibility index (Phi) is 5.71. The van der Waals surface area contributed by atoms with E-state index in [0.29, 0.717) is 24.7 Å². The number of aryl methyl sites for hydroxylation is 2. The molecule has 2 aromatic rings. The van der Waals surface area contributed by atoms with Crippen molar-refractivity contribution in [3.05, 3.63) is 52.7 Å². The number of hydrogen-bond acceptors (Lipinski definition) is 4. The summed E-state index contributed by atoms with van der Waals surface area (Å²) < 4.78 is 25.1. The number of benzene rings is 1. The zero-order chi connectivity index (χ0) is 21.5. The number of likely N-dealkylation sites (tertiary alicyclic amines) is 1. The van der Waals surface area contributed by atoms with Crippen LogP contribution < -0.4 is 0 Å². The number of halogens is 1. The molecule has 30 heavy (non-hydrogen) atoms. The molecule has 2 aliphatic heterocycles. The summed E-state index contributed by atoms with van der Waals surface area (Å²) in [6, 6.07) is 6.63. The second kappa shape index (κ2) is 8.14. The van der Waals surface area contributed by atoms with E-state index in [-0.39, 0.29) is 29.3 Å². The van der Waals surface area contributed by atoms with Crippen LogP contribution in [0.4, 0.5) is 4.39 Å². The molecule has 1 aromatic carbocycles. The molecule has 6 heteroatoms. The Morgan fingerprint density at radius 1 is 1.30 bits per heavy atom. The molecule has 0 unspecified atom stereocenters. The van der Waals surface area contributed by atoms with E-state index in [0.717, 1.165) is 42.6 Å². The first-order valence-electron chi connectivity index (χ1n) is 10.9. The van der Waals surface area contributed by atoms with Crippen LogP contribution in [-0.4, -0.2) is 34.7 Å². The van der Waals surface area contributed by atoms with E-state index in [1.165, 1.54) is 12.1 Å². The summed E-state index contributed by atoms with van der Waals surface area (Å²) in [5.41, 5.74) is 2.42. The quantitative estimate of drug-likeness (QED) is 0.723. The van der Waals surface area contributed by atoms with Crippen molar-refractivity contribution in [1.29, 1.82) is 0 Å². The normalized spacial score (nSPS) is 26.7. The van der Waals surface area contributed by atoms with Gasteiger partial charge in [-0.25, -0.2) is 4.39 Å². The average Bonchev–Trinajstić information content (AvgIpc) is 3.27. The van der Waals surface area contributed by atoms with E-state index in [9.17, 15) is 9.18 Å². The van der Waals surface area contributed by atoms with Crippen molar-refractivity contribution in [1.82, 2.24) is 10.1 Å². The van der Waals surface area contributed by atoms with E-state index >= 15 is 0 Å². The topological polar surface area (TPSA) is 55.6 Å². The fraction of sp³-hybridized carbons (Fsp3) is 0.583. The second-order valence-corrected chi connectivity index (χ2v) is 9.25. The van der Waals surface area contributed by atoms with Gasteiger partial charge in [0.05, 0.1) is 30.4 Å². The molecule has 2 fully saturated rings. The third-order valence-corrected chi connectivity index (χ3v) is 7.00. The van der Waals surface area contributed by atoms with Gasteiger partial charge in [-0.2, -0.15) is 0 Å². The van der Waals surface area contributed by atoms with Gasteiger partial charge >= 0.3 is 0 Å². The molecule has 4 rings (SSSR count).